The van der Waals surface area contributed by atoms with E-state index >= 15 is 0 Å². The van der Waals surface area contributed by atoms with Gasteiger partial charge in [-0.05, 0) is 18.1 Å². The maximum Gasteiger partial charge on any atom is 0.537 e. The topological polar surface area (TPSA) is 154 Å². The molecule has 1 atom stereocenters. The molecule has 1 aliphatic rings. The van der Waals surface area contributed by atoms with E-state index in [0.717, 1.165) is 0 Å². The van der Waals surface area contributed by atoms with Crippen LogP contribution in [0.3, 0.4) is 0 Å². The van der Waals surface area contributed by atoms with Gasteiger partial charge >= 0.3 is 13.1 Å². The molecular formula is C13H15BN4O5S2. The van der Waals surface area contributed by atoms with Crippen molar-refractivity contribution in [1.29, 1.82) is 0 Å². The molecule has 1 aliphatic heterocycles. The quantitative estimate of drug-likeness (QED) is 0.512. The highest BCUT2D eigenvalue weighted by Gasteiger charge is 2.39. The van der Waals surface area contributed by atoms with Gasteiger partial charge in [-0.15, -0.1) is 10.2 Å². The Morgan fingerprint density at radius 2 is 2.32 bits per heavy atom. The van der Waals surface area contributed by atoms with Gasteiger partial charge in [-0.2, -0.15) is 0 Å². The minimum atomic E-state index is -1.20. The first-order valence-corrected chi connectivity index (χ1v) is 9.01. The predicted octanol–water partition coefficient (Wildman–Crippen LogP) is 0.271. The molecule has 25 heavy (non-hydrogen) atoms. The molecular weight excluding hydrogens is 367 g/mol. The lowest BCUT2D eigenvalue weighted by Crippen LogP contribution is -2.40. The molecule has 0 aliphatic carbocycles. The summed E-state index contributed by atoms with van der Waals surface area (Å²) in [5.74, 6) is -0.922. The zero-order valence-corrected chi connectivity index (χ0v) is 14.5. The lowest BCUT2D eigenvalue weighted by molar-refractivity contribution is 0.0689. The van der Waals surface area contributed by atoms with Crippen molar-refractivity contribution < 1.29 is 24.3 Å². The van der Waals surface area contributed by atoms with Crippen LogP contribution in [0.15, 0.2) is 16.5 Å². The first-order chi connectivity index (χ1) is 12.0. The molecule has 6 N–H and O–H groups in total. The number of carbonyl (C=O) groups is 1. The van der Waals surface area contributed by atoms with E-state index in [1.54, 1.807) is 12.1 Å². The number of rotatable bonds is 6. The summed E-state index contributed by atoms with van der Waals surface area (Å²) in [6.45, 7) is 0.432. The van der Waals surface area contributed by atoms with Crippen LogP contribution in [0.2, 0.25) is 0 Å². The minimum Gasteiger partial charge on any atom is -0.534 e. The average molecular weight is 382 g/mol. The number of thioether (sulfide) groups is 1. The van der Waals surface area contributed by atoms with Crippen molar-refractivity contribution in [3.63, 3.8) is 0 Å². The van der Waals surface area contributed by atoms with Crippen molar-refractivity contribution in [2.75, 3.05) is 18.9 Å². The molecule has 2 aromatic rings. The Kier molecular flexibility index (Phi) is 5.32. The van der Waals surface area contributed by atoms with Crippen LogP contribution in [0, 0.1) is 0 Å². The number of aromatic nitrogens is 2. The molecule has 0 saturated heterocycles. The summed E-state index contributed by atoms with van der Waals surface area (Å²) < 4.78 is 11.5. The number of ether oxygens (including phenoxy) is 1. The lowest BCUT2D eigenvalue weighted by Gasteiger charge is -2.28. The summed E-state index contributed by atoms with van der Waals surface area (Å²) in [6, 6.07) is 3.30. The second-order valence-corrected chi connectivity index (χ2v) is 7.64. The number of nitrogens with two attached hydrogens (primary N) is 2. The highest BCUT2D eigenvalue weighted by Crippen LogP contribution is 2.40. The number of anilines is 1. The Morgan fingerprint density at radius 3 is 2.96 bits per heavy atom. The summed E-state index contributed by atoms with van der Waals surface area (Å²) >= 11 is 2.49. The number of nitrogens with zero attached hydrogens (tertiary/aromatic N) is 2. The minimum absolute atomic E-state index is 0.114. The monoisotopic (exact) mass is 382 g/mol. The van der Waals surface area contributed by atoms with Crippen LogP contribution in [0.1, 0.15) is 15.9 Å². The third-order valence-corrected chi connectivity index (χ3v) is 5.51. The first kappa shape index (κ1) is 17.8. The van der Waals surface area contributed by atoms with Crippen molar-refractivity contribution in [3.8, 4) is 11.5 Å². The SMILES string of the molecule is NCCOc1ccc2c(c1C(=O)O)OB(O)[C@@H](Sc1nnc(N)s1)C2. The first-order valence-electron chi connectivity index (χ1n) is 7.32. The Labute approximate surface area is 151 Å². The number of carboxylic acid groups (broad SMARTS) is 1. The van der Waals surface area contributed by atoms with E-state index in [2.05, 4.69) is 10.2 Å². The second kappa shape index (κ2) is 7.48. The van der Waals surface area contributed by atoms with Gasteiger partial charge in [-0.25, -0.2) is 4.79 Å². The molecule has 0 bridgehead atoms. The van der Waals surface area contributed by atoms with Crippen molar-refractivity contribution in [3.05, 3.63) is 23.3 Å². The Balaban J connectivity index is 1.88. The van der Waals surface area contributed by atoms with Crippen molar-refractivity contribution >= 4 is 41.3 Å². The third kappa shape index (κ3) is 3.81. The number of hydrogen-bond donors (Lipinski definition) is 4. The van der Waals surface area contributed by atoms with Gasteiger partial charge in [0.15, 0.2) is 4.34 Å². The average Bonchev–Trinajstić information content (AvgIpc) is 2.98. The molecule has 132 valence electrons. The molecule has 0 unspecified atom stereocenters. The van der Waals surface area contributed by atoms with Gasteiger partial charge in [0.25, 0.3) is 0 Å². The van der Waals surface area contributed by atoms with Gasteiger partial charge in [0.1, 0.15) is 23.7 Å². The molecule has 0 fully saturated rings. The molecule has 0 spiro atoms. The standard InChI is InChI=1S/C13H15BN4O5S2/c15-3-4-22-7-2-1-6-5-8(24-13-18-17-12(16)25-13)14(21)23-10(6)9(7)11(19)20/h1-2,8,21H,3-5,15H2,(H2,16,17)(H,19,20)/t8-/m0/s1. The maximum absolute atomic E-state index is 11.6. The van der Waals surface area contributed by atoms with Crippen LogP contribution in [-0.4, -0.2) is 51.7 Å². The fourth-order valence-corrected chi connectivity index (χ4v) is 4.35. The van der Waals surface area contributed by atoms with E-state index in [0.29, 0.717) is 21.5 Å². The van der Waals surface area contributed by atoms with Crippen LogP contribution in [0.4, 0.5) is 5.13 Å². The number of aromatic carboxylic acids is 1. The van der Waals surface area contributed by atoms with Crippen LogP contribution < -0.4 is 20.9 Å². The van der Waals surface area contributed by atoms with Crippen molar-refractivity contribution in [2.24, 2.45) is 5.73 Å². The van der Waals surface area contributed by atoms with Crippen molar-refractivity contribution in [1.82, 2.24) is 10.2 Å². The lowest BCUT2D eigenvalue weighted by atomic mass is 9.77. The molecule has 0 amide bonds. The molecule has 12 heteroatoms. The summed E-state index contributed by atoms with van der Waals surface area (Å²) in [4.78, 5) is 11.6. The molecule has 2 heterocycles. The maximum atomic E-state index is 11.6. The van der Waals surface area contributed by atoms with Crippen molar-refractivity contribution in [2.45, 2.75) is 15.9 Å². The summed E-state index contributed by atoms with van der Waals surface area (Å²) in [6.07, 6.45) is 0.401. The van der Waals surface area contributed by atoms with E-state index < -0.39 is 13.1 Å². The third-order valence-electron chi connectivity index (χ3n) is 3.44. The fraction of sp³-hybridized carbons (Fsp3) is 0.308. The van der Waals surface area contributed by atoms with E-state index in [1.807, 2.05) is 0 Å². The van der Waals surface area contributed by atoms with Gasteiger partial charge in [0.2, 0.25) is 5.13 Å². The van der Waals surface area contributed by atoms with Crippen LogP contribution in [0.25, 0.3) is 0 Å². The number of hydrogen-bond acceptors (Lipinski definition) is 10. The Morgan fingerprint density at radius 1 is 1.52 bits per heavy atom. The highest BCUT2D eigenvalue weighted by molar-refractivity contribution is 8.02. The number of nitrogen functional groups attached to an aromatic ring is 1. The number of benzene rings is 1. The Hall–Kier alpha value is -2.02. The smallest absolute Gasteiger partial charge is 0.534 e. The summed E-state index contributed by atoms with van der Waals surface area (Å²) in [5.41, 5.74) is 11.5. The van der Waals surface area contributed by atoms with E-state index in [4.69, 9.17) is 20.9 Å². The van der Waals surface area contributed by atoms with E-state index in [-0.39, 0.29) is 35.4 Å². The van der Waals surface area contributed by atoms with Gasteiger partial charge in [-0.1, -0.05) is 29.2 Å². The van der Waals surface area contributed by atoms with Gasteiger partial charge in [-0.3, -0.25) is 0 Å². The van der Waals surface area contributed by atoms with E-state index in [1.165, 1.54) is 23.1 Å². The van der Waals surface area contributed by atoms with Gasteiger partial charge in [0, 0.05) is 6.54 Å². The van der Waals surface area contributed by atoms with Crippen LogP contribution in [-0.2, 0) is 6.42 Å². The second-order valence-electron chi connectivity index (χ2n) is 5.14. The predicted molar refractivity (Wildman–Crippen MR) is 94.2 cm³/mol. The van der Waals surface area contributed by atoms with Gasteiger partial charge in [0.05, 0.1) is 5.15 Å². The molecule has 0 radical (unpaired) electrons. The molecule has 0 saturated carbocycles. The largest absolute Gasteiger partial charge is 0.537 e. The molecule has 9 nitrogen and oxygen atoms in total. The normalized spacial score (nSPS) is 16.2. The summed E-state index contributed by atoms with van der Waals surface area (Å²) in [7, 11) is -1.20. The van der Waals surface area contributed by atoms with Crippen LogP contribution in [0.5, 0.6) is 11.5 Å². The number of carboxylic acids is 1. The van der Waals surface area contributed by atoms with E-state index in [9.17, 15) is 14.9 Å². The summed E-state index contributed by atoms with van der Waals surface area (Å²) in [5, 5.41) is 27.4. The zero-order valence-electron chi connectivity index (χ0n) is 12.9. The van der Waals surface area contributed by atoms with Gasteiger partial charge < -0.3 is 31.0 Å². The van der Waals surface area contributed by atoms with Crippen LogP contribution >= 0.6 is 23.1 Å². The molecule has 1 aromatic heterocycles. The Bertz CT molecular complexity index is 790. The zero-order chi connectivity index (χ0) is 18.0. The highest BCUT2D eigenvalue weighted by atomic mass is 32.2. The fourth-order valence-electron chi connectivity index (χ4n) is 2.41. The molecule has 1 aromatic carbocycles. The molecule has 3 rings (SSSR count). The number of fused-ring (bicyclic) bond motifs is 1.